The molecule has 25 heavy (non-hydrogen) atoms. The third-order valence-corrected chi connectivity index (χ3v) is 4.31. The second-order valence-electron chi connectivity index (χ2n) is 5.84. The summed E-state index contributed by atoms with van der Waals surface area (Å²) in [6.45, 7) is 0. The fourth-order valence-electron chi connectivity index (χ4n) is 3.15. The number of amides is 1. The number of benzene rings is 2. The van der Waals surface area contributed by atoms with Gasteiger partial charge in [-0.15, -0.1) is 0 Å². The summed E-state index contributed by atoms with van der Waals surface area (Å²) in [7, 11) is 0. The number of carbonyl (C=O) groups is 1. The third-order valence-electron chi connectivity index (χ3n) is 4.31. The molecule has 1 amide bonds. The Morgan fingerprint density at radius 1 is 0.880 bits per heavy atom. The van der Waals surface area contributed by atoms with Crippen molar-refractivity contribution in [1.82, 2.24) is 4.40 Å². The molecular formula is C21H16N2O2. The van der Waals surface area contributed by atoms with Crippen LogP contribution in [-0.4, -0.2) is 15.4 Å². The molecule has 4 rings (SSSR count). The van der Waals surface area contributed by atoms with Crippen molar-refractivity contribution in [3.63, 3.8) is 0 Å². The van der Waals surface area contributed by atoms with Crippen molar-refractivity contribution >= 4 is 11.4 Å². The number of hydrogen-bond donors (Lipinski definition) is 2. The van der Waals surface area contributed by atoms with Crippen LogP contribution in [0.4, 0.5) is 0 Å². The Morgan fingerprint density at radius 3 is 2.08 bits per heavy atom. The Balaban J connectivity index is 2.11. The highest BCUT2D eigenvalue weighted by Gasteiger charge is 2.21. The lowest BCUT2D eigenvalue weighted by atomic mass is 10.0. The molecule has 0 radical (unpaired) electrons. The van der Waals surface area contributed by atoms with Gasteiger partial charge in [0, 0.05) is 11.8 Å². The summed E-state index contributed by atoms with van der Waals surface area (Å²) in [5.41, 5.74) is 9.78. The predicted octanol–water partition coefficient (Wildman–Crippen LogP) is 4.08. The summed E-state index contributed by atoms with van der Waals surface area (Å²) in [6, 6.07) is 22.8. The molecule has 0 saturated heterocycles. The number of pyridine rings is 1. The summed E-state index contributed by atoms with van der Waals surface area (Å²) >= 11 is 0. The summed E-state index contributed by atoms with van der Waals surface area (Å²) < 4.78 is 1.89. The highest BCUT2D eigenvalue weighted by molar-refractivity contribution is 5.98. The van der Waals surface area contributed by atoms with Crippen LogP contribution < -0.4 is 5.73 Å². The van der Waals surface area contributed by atoms with Crippen LogP contribution in [0.25, 0.3) is 27.9 Å². The molecular weight excluding hydrogens is 312 g/mol. The van der Waals surface area contributed by atoms with E-state index in [1.165, 1.54) is 0 Å². The first kappa shape index (κ1) is 15.0. The van der Waals surface area contributed by atoms with Crippen LogP contribution in [0.2, 0.25) is 0 Å². The van der Waals surface area contributed by atoms with Gasteiger partial charge in [-0.2, -0.15) is 0 Å². The number of carbonyl (C=O) groups excluding carboxylic acids is 1. The molecule has 0 atom stereocenters. The molecule has 0 aliphatic carbocycles. The highest BCUT2D eigenvalue weighted by Crippen LogP contribution is 2.43. The molecule has 0 aliphatic heterocycles. The molecule has 4 heteroatoms. The van der Waals surface area contributed by atoms with Gasteiger partial charge in [0.2, 0.25) is 5.91 Å². The number of aromatic nitrogens is 1. The van der Waals surface area contributed by atoms with Crippen LogP contribution in [0, 0.1) is 0 Å². The van der Waals surface area contributed by atoms with Crippen LogP contribution in [-0.2, 0) is 0 Å². The number of aromatic hydroxyl groups is 1. The lowest BCUT2D eigenvalue weighted by Crippen LogP contribution is -2.11. The van der Waals surface area contributed by atoms with Crippen LogP contribution in [0.1, 0.15) is 10.4 Å². The maximum Gasteiger partial charge on any atom is 0.248 e. The van der Waals surface area contributed by atoms with Crippen LogP contribution in [0.3, 0.4) is 0 Å². The minimum atomic E-state index is -0.523. The topological polar surface area (TPSA) is 67.7 Å². The zero-order valence-electron chi connectivity index (χ0n) is 13.4. The Morgan fingerprint density at radius 2 is 1.48 bits per heavy atom. The quantitative estimate of drug-likeness (QED) is 0.595. The van der Waals surface area contributed by atoms with Gasteiger partial charge in [0.1, 0.15) is 5.75 Å². The second-order valence-corrected chi connectivity index (χ2v) is 5.84. The Hall–Kier alpha value is -3.53. The van der Waals surface area contributed by atoms with Gasteiger partial charge in [0.15, 0.2) is 0 Å². The molecule has 4 aromatic rings. The van der Waals surface area contributed by atoms with Crippen LogP contribution in [0.5, 0.6) is 5.75 Å². The number of primary amides is 1. The smallest absolute Gasteiger partial charge is 0.248 e. The molecule has 2 aromatic carbocycles. The minimum absolute atomic E-state index is 0.133. The Labute approximate surface area is 144 Å². The largest absolute Gasteiger partial charge is 0.505 e. The average molecular weight is 328 g/mol. The normalized spacial score (nSPS) is 10.9. The molecule has 3 N–H and O–H groups in total. The van der Waals surface area contributed by atoms with E-state index in [1.54, 1.807) is 18.3 Å². The van der Waals surface area contributed by atoms with Gasteiger partial charge in [0.25, 0.3) is 0 Å². The van der Waals surface area contributed by atoms with E-state index in [-0.39, 0.29) is 5.75 Å². The van der Waals surface area contributed by atoms with E-state index in [1.807, 2.05) is 65.1 Å². The molecule has 0 saturated carbocycles. The van der Waals surface area contributed by atoms with E-state index in [0.29, 0.717) is 11.1 Å². The number of nitrogens with zero attached hydrogens (tertiary/aromatic N) is 1. The fourth-order valence-corrected chi connectivity index (χ4v) is 3.15. The van der Waals surface area contributed by atoms with Crippen molar-refractivity contribution in [2.24, 2.45) is 5.73 Å². The molecule has 0 fully saturated rings. The van der Waals surface area contributed by atoms with E-state index in [4.69, 9.17) is 5.73 Å². The minimum Gasteiger partial charge on any atom is -0.505 e. The van der Waals surface area contributed by atoms with E-state index < -0.39 is 5.91 Å². The summed E-state index contributed by atoms with van der Waals surface area (Å²) in [6.07, 6.45) is 1.77. The number of fused-ring (bicyclic) bond motifs is 1. The van der Waals surface area contributed by atoms with Gasteiger partial charge >= 0.3 is 0 Å². The van der Waals surface area contributed by atoms with Gasteiger partial charge in [-0.25, -0.2) is 0 Å². The monoisotopic (exact) mass is 328 g/mol. The zero-order valence-corrected chi connectivity index (χ0v) is 13.4. The molecule has 0 unspecified atom stereocenters. The molecule has 0 bridgehead atoms. The van der Waals surface area contributed by atoms with E-state index in [9.17, 15) is 9.90 Å². The lowest BCUT2D eigenvalue weighted by Gasteiger charge is -2.07. The Bertz CT molecular complexity index is 1070. The SMILES string of the molecule is NC(=O)c1ccn2c(-c3ccccc3)c(-c3ccccc3)c(O)c2c1. The summed E-state index contributed by atoms with van der Waals surface area (Å²) in [5, 5.41) is 10.9. The number of nitrogens with two attached hydrogens (primary N) is 1. The molecule has 2 heterocycles. The van der Waals surface area contributed by atoms with Crippen molar-refractivity contribution < 1.29 is 9.90 Å². The second kappa shape index (κ2) is 5.83. The molecule has 0 spiro atoms. The van der Waals surface area contributed by atoms with E-state index in [0.717, 1.165) is 22.4 Å². The predicted molar refractivity (Wildman–Crippen MR) is 98.5 cm³/mol. The first-order chi connectivity index (χ1) is 12.2. The van der Waals surface area contributed by atoms with Gasteiger partial charge in [-0.05, 0) is 23.3 Å². The van der Waals surface area contributed by atoms with Gasteiger partial charge in [-0.3, -0.25) is 4.79 Å². The van der Waals surface area contributed by atoms with E-state index in [2.05, 4.69) is 0 Å². The van der Waals surface area contributed by atoms with E-state index >= 15 is 0 Å². The maximum atomic E-state index is 11.5. The lowest BCUT2D eigenvalue weighted by molar-refractivity contribution is 0.100. The molecule has 122 valence electrons. The first-order valence-electron chi connectivity index (χ1n) is 7.94. The highest BCUT2D eigenvalue weighted by atomic mass is 16.3. The van der Waals surface area contributed by atoms with Gasteiger partial charge < -0.3 is 15.2 Å². The third kappa shape index (κ3) is 2.44. The molecule has 0 aliphatic rings. The first-order valence-corrected chi connectivity index (χ1v) is 7.94. The van der Waals surface area contributed by atoms with Crippen molar-refractivity contribution in [3.8, 4) is 28.1 Å². The van der Waals surface area contributed by atoms with Crippen LogP contribution in [0.15, 0.2) is 79.0 Å². The molecule has 2 aromatic heterocycles. The van der Waals surface area contributed by atoms with Crippen molar-refractivity contribution in [1.29, 1.82) is 0 Å². The summed E-state index contributed by atoms with van der Waals surface area (Å²) in [5.74, 6) is -0.390. The standard InChI is InChI=1S/C21H16N2O2/c22-21(25)16-11-12-23-17(13-16)20(24)18(14-7-3-1-4-8-14)19(23)15-9-5-2-6-10-15/h1-13,24H,(H2,22,25). The van der Waals surface area contributed by atoms with Crippen molar-refractivity contribution in [2.75, 3.05) is 0 Å². The van der Waals surface area contributed by atoms with Crippen molar-refractivity contribution in [2.45, 2.75) is 0 Å². The van der Waals surface area contributed by atoms with Crippen molar-refractivity contribution in [3.05, 3.63) is 84.6 Å². The fraction of sp³-hybridized carbons (Fsp3) is 0. The number of hydrogen-bond acceptors (Lipinski definition) is 2. The van der Waals surface area contributed by atoms with Crippen LogP contribution >= 0.6 is 0 Å². The maximum absolute atomic E-state index is 11.5. The molecule has 4 nitrogen and oxygen atoms in total. The number of rotatable bonds is 3. The average Bonchev–Trinajstić information content (AvgIpc) is 2.95. The zero-order chi connectivity index (χ0) is 17.4. The van der Waals surface area contributed by atoms with Gasteiger partial charge in [0.05, 0.1) is 16.8 Å². The Kier molecular flexibility index (Phi) is 3.51. The summed E-state index contributed by atoms with van der Waals surface area (Å²) in [4.78, 5) is 11.5. The van der Waals surface area contributed by atoms with Gasteiger partial charge in [-0.1, -0.05) is 60.7 Å².